The number of ether oxygens (including phenoxy) is 4. The molecule has 0 bridgehead atoms. The van der Waals surface area contributed by atoms with Crippen molar-refractivity contribution in [2.45, 2.75) is 58.1 Å². The Kier molecular flexibility index (Phi) is 7.89. The SMILES string of the molecule is COc1cccc(CCc2ccccc2OC[C@@H]2CCCN2C(=O)OC(C)(C)C)c1OC. The molecule has 1 heterocycles. The Bertz CT molecular complexity index is 905. The average molecular weight is 442 g/mol. The number of carbonyl (C=O) groups is 1. The largest absolute Gasteiger partial charge is 0.493 e. The van der Waals surface area contributed by atoms with Crippen LogP contribution in [0.25, 0.3) is 0 Å². The van der Waals surface area contributed by atoms with Gasteiger partial charge in [-0.25, -0.2) is 4.79 Å². The van der Waals surface area contributed by atoms with Crippen molar-refractivity contribution in [3.05, 3.63) is 53.6 Å². The van der Waals surface area contributed by atoms with Gasteiger partial charge in [0.15, 0.2) is 11.5 Å². The summed E-state index contributed by atoms with van der Waals surface area (Å²) >= 11 is 0. The number of para-hydroxylation sites is 2. The highest BCUT2D eigenvalue weighted by atomic mass is 16.6. The topological polar surface area (TPSA) is 57.2 Å². The predicted molar refractivity (Wildman–Crippen MR) is 125 cm³/mol. The van der Waals surface area contributed by atoms with Gasteiger partial charge >= 0.3 is 6.09 Å². The lowest BCUT2D eigenvalue weighted by Gasteiger charge is -2.28. The van der Waals surface area contributed by atoms with Crippen LogP contribution < -0.4 is 14.2 Å². The maximum absolute atomic E-state index is 12.5. The van der Waals surface area contributed by atoms with Gasteiger partial charge in [-0.15, -0.1) is 0 Å². The first-order valence-corrected chi connectivity index (χ1v) is 11.2. The Hall–Kier alpha value is -2.89. The zero-order valence-electron chi connectivity index (χ0n) is 19.8. The van der Waals surface area contributed by atoms with Crippen LogP contribution in [0.5, 0.6) is 17.2 Å². The van der Waals surface area contributed by atoms with E-state index in [0.717, 1.165) is 54.1 Å². The molecule has 6 nitrogen and oxygen atoms in total. The third-order valence-electron chi connectivity index (χ3n) is 5.56. The fraction of sp³-hybridized carbons (Fsp3) is 0.500. The monoisotopic (exact) mass is 441 g/mol. The molecule has 0 saturated carbocycles. The van der Waals surface area contributed by atoms with E-state index < -0.39 is 5.60 Å². The molecule has 1 atom stereocenters. The van der Waals surface area contributed by atoms with Crippen LogP contribution >= 0.6 is 0 Å². The van der Waals surface area contributed by atoms with Gasteiger partial charge < -0.3 is 23.8 Å². The molecule has 174 valence electrons. The van der Waals surface area contributed by atoms with Crippen LogP contribution in [0.4, 0.5) is 4.79 Å². The summed E-state index contributed by atoms with van der Waals surface area (Å²) in [5.41, 5.74) is 1.71. The lowest BCUT2D eigenvalue weighted by Crippen LogP contribution is -2.42. The van der Waals surface area contributed by atoms with Gasteiger partial charge in [0.1, 0.15) is 18.0 Å². The van der Waals surface area contributed by atoms with Crippen molar-refractivity contribution in [2.75, 3.05) is 27.4 Å². The molecule has 0 spiro atoms. The van der Waals surface area contributed by atoms with Gasteiger partial charge in [0, 0.05) is 6.54 Å². The molecular weight excluding hydrogens is 406 g/mol. The van der Waals surface area contributed by atoms with E-state index in [1.165, 1.54) is 0 Å². The van der Waals surface area contributed by atoms with E-state index in [9.17, 15) is 4.79 Å². The summed E-state index contributed by atoms with van der Waals surface area (Å²) < 4.78 is 22.8. The normalized spacial score (nSPS) is 16.0. The van der Waals surface area contributed by atoms with E-state index in [0.29, 0.717) is 13.2 Å². The molecule has 1 fully saturated rings. The predicted octanol–water partition coefficient (Wildman–Crippen LogP) is 5.27. The molecule has 0 aliphatic carbocycles. The molecule has 32 heavy (non-hydrogen) atoms. The van der Waals surface area contributed by atoms with Crippen molar-refractivity contribution in [1.29, 1.82) is 0 Å². The number of nitrogens with zero attached hydrogens (tertiary/aromatic N) is 1. The lowest BCUT2D eigenvalue weighted by atomic mass is 10.0. The summed E-state index contributed by atoms with van der Waals surface area (Å²) in [7, 11) is 3.31. The molecule has 0 radical (unpaired) electrons. The Morgan fingerprint density at radius 3 is 2.38 bits per heavy atom. The molecule has 1 amide bonds. The van der Waals surface area contributed by atoms with Gasteiger partial charge in [0.2, 0.25) is 0 Å². The number of likely N-dealkylation sites (tertiary alicyclic amines) is 1. The van der Waals surface area contributed by atoms with Crippen LogP contribution in [0.3, 0.4) is 0 Å². The van der Waals surface area contributed by atoms with Crippen molar-refractivity contribution in [2.24, 2.45) is 0 Å². The van der Waals surface area contributed by atoms with Crippen LogP contribution in [0.15, 0.2) is 42.5 Å². The van der Waals surface area contributed by atoms with Gasteiger partial charge in [0.25, 0.3) is 0 Å². The third kappa shape index (κ3) is 6.09. The molecule has 6 heteroatoms. The second-order valence-corrected chi connectivity index (χ2v) is 9.04. The molecular formula is C26H35NO5. The molecule has 2 aromatic rings. The zero-order valence-corrected chi connectivity index (χ0v) is 19.8. The summed E-state index contributed by atoms with van der Waals surface area (Å²) in [4.78, 5) is 14.3. The van der Waals surface area contributed by atoms with E-state index in [1.807, 2.05) is 51.1 Å². The molecule has 1 aliphatic rings. The van der Waals surface area contributed by atoms with Crippen molar-refractivity contribution in [3.8, 4) is 17.2 Å². The highest BCUT2D eigenvalue weighted by Crippen LogP contribution is 2.32. The zero-order chi connectivity index (χ0) is 23.1. The molecule has 0 aromatic heterocycles. The van der Waals surface area contributed by atoms with Crippen molar-refractivity contribution in [3.63, 3.8) is 0 Å². The van der Waals surface area contributed by atoms with Crippen LogP contribution in [0.1, 0.15) is 44.7 Å². The van der Waals surface area contributed by atoms with E-state index in [-0.39, 0.29) is 12.1 Å². The Balaban J connectivity index is 1.64. The number of carbonyl (C=O) groups excluding carboxylic acids is 1. The number of methoxy groups -OCH3 is 2. The summed E-state index contributed by atoms with van der Waals surface area (Å²) in [6.07, 6.45) is 3.23. The molecule has 0 unspecified atom stereocenters. The first kappa shape index (κ1) is 23.8. The summed E-state index contributed by atoms with van der Waals surface area (Å²) in [6.45, 7) is 6.83. The number of amides is 1. The summed E-state index contributed by atoms with van der Waals surface area (Å²) in [6, 6.07) is 14.0. The van der Waals surface area contributed by atoms with E-state index in [2.05, 4.69) is 12.1 Å². The Labute approximate surface area is 191 Å². The number of hydrogen-bond donors (Lipinski definition) is 0. The summed E-state index contributed by atoms with van der Waals surface area (Å²) in [5.74, 6) is 2.36. The van der Waals surface area contributed by atoms with E-state index in [4.69, 9.17) is 18.9 Å². The lowest BCUT2D eigenvalue weighted by molar-refractivity contribution is 0.0187. The first-order valence-electron chi connectivity index (χ1n) is 11.2. The van der Waals surface area contributed by atoms with E-state index in [1.54, 1.807) is 19.1 Å². The first-order chi connectivity index (χ1) is 15.3. The van der Waals surface area contributed by atoms with Gasteiger partial charge in [-0.3, -0.25) is 0 Å². The fourth-order valence-corrected chi connectivity index (χ4v) is 4.03. The van der Waals surface area contributed by atoms with Gasteiger partial charge in [-0.05, 0) is 69.7 Å². The molecule has 1 saturated heterocycles. The Morgan fingerprint density at radius 1 is 0.969 bits per heavy atom. The molecule has 2 aromatic carbocycles. The minimum atomic E-state index is -0.501. The van der Waals surface area contributed by atoms with Crippen molar-refractivity contribution >= 4 is 6.09 Å². The molecule has 3 rings (SSSR count). The smallest absolute Gasteiger partial charge is 0.410 e. The van der Waals surface area contributed by atoms with Crippen LogP contribution in [-0.2, 0) is 17.6 Å². The summed E-state index contributed by atoms with van der Waals surface area (Å²) in [5, 5.41) is 0. The minimum absolute atomic E-state index is 0.0244. The van der Waals surface area contributed by atoms with Crippen LogP contribution in [-0.4, -0.2) is 50.0 Å². The highest BCUT2D eigenvalue weighted by molar-refractivity contribution is 5.69. The van der Waals surface area contributed by atoms with Gasteiger partial charge in [0.05, 0.1) is 20.3 Å². The number of rotatable bonds is 8. The third-order valence-corrected chi connectivity index (χ3v) is 5.56. The number of aryl methyl sites for hydroxylation is 2. The number of hydrogen-bond acceptors (Lipinski definition) is 5. The van der Waals surface area contributed by atoms with Gasteiger partial charge in [-0.1, -0.05) is 30.3 Å². The van der Waals surface area contributed by atoms with E-state index >= 15 is 0 Å². The second kappa shape index (κ2) is 10.6. The van der Waals surface area contributed by atoms with Gasteiger partial charge in [-0.2, -0.15) is 0 Å². The maximum atomic E-state index is 12.5. The van der Waals surface area contributed by atoms with Crippen LogP contribution in [0, 0.1) is 0 Å². The Morgan fingerprint density at radius 2 is 1.66 bits per heavy atom. The minimum Gasteiger partial charge on any atom is -0.493 e. The standard InChI is InChI=1S/C26H35NO5/c1-26(2,3)32-25(28)27-17-9-12-21(27)18-31-22-13-7-6-10-19(22)15-16-20-11-8-14-23(29-4)24(20)30-5/h6-8,10-11,13-14,21H,9,12,15-18H2,1-5H3/t21-/m0/s1. The van der Waals surface area contributed by atoms with Crippen molar-refractivity contribution < 1.29 is 23.7 Å². The van der Waals surface area contributed by atoms with Crippen LogP contribution in [0.2, 0.25) is 0 Å². The molecule has 0 N–H and O–H groups in total. The maximum Gasteiger partial charge on any atom is 0.410 e. The second-order valence-electron chi connectivity index (χ2n) is 9.04. The molecule has 1 aliphatic heterocycles. The average Bonchev–Trinajstić information content (AvgIpc) is 3.24. The number of benzene rings is 2. The highest BCUT2D eigenvalue weighted by Gasteiger charge is 2.32. The fourth-order valence-electron chi connectivity index (χ4n) is 4.03. The quantitative estimate of drug-likeness (QED) is 0.559. The van der Waals surface area contributed by atoms with Crippen molar-refractivity contribution in [1.82, 2.24) is 4.90 Å².